The zero-order chi connectivity index (χ0) is 14.9. The van der Waals surface area contributed by atoms with Crippen LogP contribution in [-0.2, 0) is 6.18 Å². The normalized spacial score (nSPS) is 13.5. The van der Waals surface area contributed by atoms with Crippen molar-refractivity contribution in [1.29, 1.82) is 0 Å². The largest absolute Gasteiger partial charge is 0.419 e. The minimum Gasteiger partial charge on any atom is -0.334 e. The van der Waals surface area contributed by atoms with Gasteiger partial charge in [-0.1, -0.05) is 12.1 Å². The second kappa shape index (κ2) is 5.20. The maximum absolute atomic E-state index is 13.2. The molecule has 1 aromatic carbocycles. The van der Waals surface area contributed by atoms with Gasteiger partial charge in [0.15, 0.2) is 5.82 Å². The van der Waals surface area contributed by atoms with Crippen LogP contribution in [0.25, 0.3) is 11.5 Å². The van der Waals surface area contributed by atoms with Crippen molar-refractivity contribution in [3.8, 4) is 11.5 Å². The van der Waals surface area contributed by atoms with Gasteiger partial charge in [-0.15, -0.1) is 0 Å². The Kier molecular flexibility index (Phi) is 3.76. The van der Waals surface area contributed by atoms with Gasteiger partial charge in [-0.05, 0) is 24.6 Å². The Morgan fingerprint density at radius 1 is 1.35 bits per heavy atom. The second-order valence-electron chi connectivity index (χ2n) is 4.16. The summed E-state index contributed by atoms with van der Waals surface area (Å²) in [7, 11) is 0. The van der Waals surface area contributed by atoms with E-state index in [-0.39, 0.29) is 17.3 Å². The number of rotatable bonds is 3. The molecule has 2 N–H and O–H groups in total. The first-order chi connectivity index (χ1) is 9.32. The Morgan fingerprint density at radius 2 is 2.05 bits per heavy atom. The minimum absolute atomic E-state index is 0.0132. The highest BCUT2D eigenvalue weighted by molar-refractivity contribution is 5.54. The van der Waals surface area contributed by atoms with Crippen LogP contribution in [0.1, 0.15) is 30.8 Å². The molecule has 0 amide bonds. The van der Waals surface area contributed by atoms with E-state index >= 15 is 0 Å². The monoisotopic (exact) mass is 289 g/mol. The molecule has 108 valence electrons. The number of benzene rings is 1. The molecule has 1 unspecified atom stereocenters. The Labute approximate surface area is 111 Å². The molecule has 0 saturated carbocycles. The van der Waals surface area contributed by atoms with Crippen molar-refractivity contribution in [2.75, 3.05) is 0 Å². The summed E-state index contributed by atoms with van der Waals surface area (Å²) in [6.45, 7) is 1.81. The molecule has 0 spiro atoms. The van der Waals surface area contributed by atoms with Gasteiger partial charge >= 0.3 is 6.18 Å². The lowest BCUT2D eigenvalue weighted by molar-refractivity contribution is -0.139. The summed E-state index contributed by atoms with van der Waals surface area (Å²) in [5.41, 5.74) is 4.29. The lowest BCUT2D eigenvalue weighted by Crippen LogP contribution is -2.10. The van der Waals surface area contributed by atoms with Crippen molar-refractivity contribution < 1.29 is 22.1 Å². The third kappa shape index (κ3) is 2.79. The summed E-state index contributed by atoms with van der Waals surface area (Å²) in [4.78, 5) is 3.91. The third-order valence-electron chi connectivity index (χ3n) is 2.73. The molecule has 8 heteroatoms. The van der Waals surface area contributed by atoms with Crippen molar-refractivity contribution >= 4 is 0 Å². The fourth-order valence-corrected chi connectivity index (χ4v) is 1.56. The standard InChI is InChI=1S/C12H11F4N3O/c1-2-9(17)10-18-11(20-19-10)6-3-4-8(13)7(5-6)12(14,15)16/h3-5,9H,2,17H2,1H3. The van der Waals surface area contributed by atoms with Crippen LogP contribution < -0.4 is 5.73 Å². The van der Waals surface area contributed by atoms with Gasteiger partial charge < -0.3 is 10.3 Å². The van der Waals surface area contributed by atoms with Crippen LogP contribution in [0.5, 0.6) is 0 Å². The highest BCUT2D eigenvalue weighted by Gasteiger charge is 2.34. The van der Waals surface area contributed by atoms with Gasteiger partial charge in [-0.3, -0.25) is 0 Å². The number of aromatic nitrogens is 2. The molecule has 0 bridgehead atoms. The number of nitrogens with two attached hydrogens (primary N) is 1. The van der Waals surface area contributed by atoms with E-state index in [0.717, 1.165) is 6.07 Å². The smallest absolute Gasteiger partial charge is 0.334 e. The van der Waals surface area contributed by atoms with E-state index in [1.807, 2.05) is 0 Å². The molecular weight excluding hydrogens is 278 g/mol. The van der Waals surface area contributed by atoms with Gasteiger partial charge in [-0.2, -0.15) is 18.2 Å². The van der Waals surface area contributed by atoms with Crippen molar-refractivity contribution in [2.24, 2.45) is 5.73 Å². The van der Waals surface area contributed by atoms with E-state index in [1.54, 1.807) is 6.92 Å². The second-order valence-corrected chi connectivity index (χ2v) is 4.16. The van der Waals surface area contributed by atoms with Crippen LogP contribution in [-0.4, -0.2) is 10.1 Å². The van der Waals surface area contributed by atoms with Crippen LogP contribution in [0.15, 0.2) is 22.7 Å². The number of hydrogen-bond donors (Lipinski definition) is 1. The maximum Gasteiger partial charge on any atom is 0.419 e. The van der Waals surface area contributed by atoms with E-state index in [4.69, 9.17) is 10.3 Å². The molecule has 20 heavy (non-hydrogen) atoms. The molecule has 0 aliphatic rings. The molecule has 2 aromatic rings. The predicted molar refractivity (Wildman–Crippen MR) is 61.9 cm³/mol. The molecule has 0 aliphatic carbocycles. The summed E-state index contributed by atoms with van der Waals surface area (Å²) in [5, 5.41) is 3.59. The molecule has 0 radical (unpaired) electrons. The summed E-state index contributed by atoms with van der Waals surface area (Å²) in [6.07, 6.45) is -4.24. The van der Waals surface area contributed by atoms with Crippen molar-refractivity contribution in [2.45, 2.75) is 25.6 Å². The van der Waals surface area contributed by atoms with Crippen molar-refractivity contribution in [1.82, 2.24) is 10.1 Å². The van der Waals surface area contributed by atoms with E-state index < -0.39 is 23.6 Å². The fourth-order valence-electron chi connectivity index (χ4n) is 1.56. The highest BCUT2D eigenvalue weighted by Crippen LogP contribution is 2.34. The zero-order valence-corrected chi connectivity index (χ0v) is 10.4. The Balaban J connectivity index is 2.41. The SMILES string of the molecule is CCC(N)c1noc(-c2ccc(F)c(C(F)(F)F)c2)n1. The Morgan fingerprint density at radius 3 is 2.65 bits per heavy atom. The van der Waals surface area contributed by atoms with Gasteiger partial charge in [0.1, 0.15) is 5.82 Å². The van der Waals surface area contributed by atoms with Crippen LogP contribution in [0.4, 0.5) is 17.6 Å². The van der Waals surface area contributed by atoms with Gasteiger partial charge in [0.25, 0.3) is 5.89 Å². The van der Waals surface area contributed by atoms with Crippen LogP contribution in [0, 0.1) is 5.82 Å². The predicted octanol–water partition coefficient (Wildman–Crippen LogP) is 3.30. The quantitative estimate of drug-likeness (QED) is 0.880. The first kappa shape index (κ1) is 14.4. The van der Waals surface area contributed by atoms with Crippen LogP contribution in [0.3, 0.4) is 0 Å². The number of hydrogen-bond acceptors (Lipinski definition) is 4. The average molecular weight is 289 g/mol. The summed E-state index contributed by atoms with van der Waals surface area (Å²) in [5.74, 6) is -1.29. The van der Waals surface area contributed by atoms with Gasteiger partial charge in [0.05, 0.1) is 11.6 Å². The van der Waals surface area contributed by atoms with E-state index in [2.05, 4.69) is 10.1 Å². The number of halogens is 4. The first-order valence-electron chi connectivity index (χ1n) is 5.79. The summed E-state index contributed by atoms with van der Waals surface area (Å²) >= 11 is 0. The Hall–Kier alpha value is -1.96. The molecule has 1 atom stereocenters. The van der Waals surface area contributed by atoms with Crippen molar-refractivity contribution in [3.05, 3.63) is 35.4 Å². The maximum atomic E-state index is 13.2. The molecular formula is C12H11F4N3O. The van der Waals surface area contributed by atoms with E-state index in [1.165, 1.54) is 0 Å². The summed E-state index contributed by atoms with van der Waals surface area (Å²) < 4.78 is 55.8. The van der Waals surface area contributed by atoms with Gasteiger partial charge in [0.2, 0.25) is 0 Å². The summed E-state index contributed by atoms with van der Waals surface area (Å²) in [6, 6.07) is 2.01. The van der Waals surface area contributed by atoms with Crippen LogP contribution in [0.2, 0.25) is 0 Å². The highest BCUT2D eigenvalue weighted by atomic mass is 19.4. The number of alkyl halides is 3. The Bertz CT molecular complexity index is 609. The third-order valence-corrected chi connectivity index (χ3v) is 2.73. The van der Waals surface area contributed by atoms with Crippen LogP contribution >= 0.6 is 0 Å². The van der Waals surface area contributed by atoms with E-state index in [9.17, 15) is 17.6 Å². The molecule has 0 saturated heterocycles. The molecule has 2 rings (SSSR count). The molecule has 0 aliphatic heterocycles. The van der Waals surface area contributed by atoms with Gasteiger partial charge in [0, 0.05) is 5.56 Å². The minimum atomic E-state index is -4.79. The molecule has 1 heterocycles. The fraction of sp³-hybridized carbons (Fsp3) is 0.333. The van der Waals surface area contributed by atoms with Gasteiger partial charge in [-0.25, -0.2) is 4.39 Å². The lowest BCUT2D eigenvalue weighted by Gasteiger charge is -2.08. The van der Waals surface area contributed by atoms with Crippen molar-refractivity contribution in [3.63, 3.8) is 0 Å². The average Bonchev–Trinajstić information content (AvgIpc) is 2.86. The molecule has 0 fully saturated rings. The number of nitrogens with zero attached hydrogens (tertiary/aromatic N) is 2. The lowest BCUT2D eigenvalue weighted by atomic mass is 10.1. The molecule has 1 aromatic heterocycles. The topological polar surface area (TPSA) is 64.9 Å². The first-order valence-corrected chi connectivity index (χ1v) is 5.79. The van der Waals surface area contributed by atoms with E-state index in [0.29, 0.717) is 18.6 Å². The zero-order valence-electron chi connectivity index (χ0n) is 10.4. The molecule has 4 nitrogen and oxygen atoms in total.